The molecule has 3 rings (SSSR count). The van der Waals surface area contributed by atoms with Crippen molar-refractivity contribution in [1.82, 2.24) is 0 Å². The highest BCUT2D eigenvalue weighted by atomic mass is 16.7. The van der Waals surface area contributed by atoms with Crippen molar-refractivity contribution >= 4 is 5.78 Å². The molecule has 2 N–H and O–H groups in total. The summed E-state index contributed by atoms with van der Waals surface area (Å²) in [5.74, 6) is -5.06. The van der Waals surface area contributed by atoms with Gasteiger partial charge in [0.05, 0.1) is 12.7 Å². The SMILES string of the molecule is COc1ccc([C@]2(OC)Oc3ccccc3C(=O)C2(O)O)cc1. The zero-order chi connectivity index (χ0) is 16.7. The molecule has 1 atom stereocenters. The van der Waals surface area contributed by atoms with Crippen molar-refractivity contribution in [3.63, 3.8) is 0 Å². The van der Waals surface area contributed by atoms with E-state index < -0.39 is 17.4 Å². The monoisotopic (exact) mass is 316 g/mol. The van der Waals surface area contributed by atoms with Gasteiger partial charge in [0, 0.05) is 12.7 Å². The number of ether oxygens (including phenoxy) is 3. The van der Waals surface area contributed by atoms with Crippen molar-refractivity contribution in [3.8, 4) is 11.5 Å². The van der Waals surface area contributed by atoms with E-state index in [9.17, 15) is 15.0 Å². The molecule has 1 heterocycles. The highest BCUT2D eigenvalue weighted by molar-refractivity contribution is 6.05. The normalized spacial score (nSPS) is 22.2. The summed E-state index contributed by atoms with van der Waals surface area (Å²) in [6.45, 7) is 0. The van der Waals surface area contributed by atoms with Crippen molar-refractivity contribution in [2.24, 2.45) is 0 Å². The number of carbonyl (C=O) groups excluding carboxylic acids is 1. The zero-order valence-electron chi connectivity index (χ0n) is 12.6. The third kappa shape index (κ3) is 2.11. The average Bonchev–Trinajstić information content (AvgIpc) is 2.58. The second-order valence-corrected chi connectivity index (χ2v) is 5.15. The van der Waals surface area contributed by atoms with E-state index in [1.807, 2.05) is 0 Å². The maximum absolute atomic E-state index is 12.5. The minimum Gasteiger partial charge on any atom is -0.497 e. The molecule has 2 aromatic rings. The number of ketones is 1. The molecule has 0 saturated heterocycles. The van der Waals surface area contributed by atoms with E-state index in [0.29, 0.717) is 5.75 Å². The smallest absolute Gasteiger partial charge is 0.301 e. The van der Waals surface area contributed by atoms with Crippen LogP contribution in [0.15, 0.2) is 48.5 Å². The largest absolute Gasteiger partial charge is 0.497 e. The lowest BCUT2D eigenvalue weighted by atomic mass is 9.87. The Morgan fingerprint density at radius 2 is 1.65 bits per heavy atom. The Morgan fingerprint density at radius 1 is 1.00 bits per heavy atom. The van der Waals surface area contributed by atoms with E-state index in [0.717, 1.165) is 0 Å². The van der Waals surface area contributed by atoms with Crippen LogP contribution in [0.1, 0.15) is 15.9 Å². The standard InChI is InChI=1S/C17H16O6/c1-21-12-9-7-11(8-10-12)17(22-2)16(19,20)15(18)13-5-3-4-6-14(13)23-17/h3-10,19-20H,1-2H3/t17-/m0/s1. The number of methoxy groups -OCH3 is 2. The number of benzene rings is 2. The molecule has 0 unspecified atom stereocenters. The number of hydrogen-bond donors (Lipinski definition) is 2. The molecule has 0 aliphatic carbocycles. The average molecular weight is 316 g/mol. The fourth-order valence-corrected chi connectivity index (χ4v) is 2.68. The van der Waals surface area contributed by atoms with Crippen molar-refractivity contribution < 1.29 is 29.2 Å². The summed E-state index contributed by atoms with van der Waals surface area (Å²) < 4.78 is 16.1. The summed E-state index contributed by atoms with van der Waals surface area (Å²) in [6.07, 6.45) is 0. The molecule has 23 heavy (non-hydrogen) atoms. The first-order valence-corrected chi connectivity index (χ1v) is 6.93. The van der Waals surface area contributed by atoms with Crippen LogP contribution >= 0.6 is 0 Å². The molecule has 6 nitrogen and oxygen atoms in total. The second kappa shape index (κ2) is 5.34. The molecular formula is C17H16O6. The number of hydrogen-bond acceptors (Lipinski definition) is 6. The molecule has 1 aliphatic heterocycles. The molecule has 0 saturated carbocycles. The van der Waals surface area contributed by atoms with Gasteiger partial charge in [0.1, 0.15) is 11.5 Å². The molecule has 0 spiro atoms. The summed E-state index contributed by atoms with van der Waals surface area (Å²) in [6, 6.07) is 12.6. The second-order valence-electron chi connectivity index (χ2n) is 5.15. The van der Waals surface area contributed by atoms with Gasteiger partial charge in [-0.25, -0.2) is 0 Å². The van der Waals surface area contributed by atoms with Crippen LogP contribution in [0.4, 0.5) is 0 Å². The predicted molar refractivity (Wildman–Crippen MR) is 80.3 cm³/mol. The van der Waals surface area contributed by atoms with Crippen LogP contribution in [0.25, 0.3) is 0 Å². The summed E-state index contributed by atoms with van der Waals surface area (Å²) in [7, 11) is 2.76. The number of aliphatic hydroxyl groups is 2. The third-order valence-corrected chi connectivity index (χ3v) is 3.92. The topological polar surface area (TPSA) is 85.2 Å². The fourth-order valence-electron chi connectivity index (χ4n) is 2.68. The fraction of sp³-hybridized carbons (Fsp3) is 0.235. The van der Waals surface area contributed by atoms with E-state index in [1.165, 1.54) is 20.3 Å². The molecular weight excluding hydrogens is 300 g/mol. The minimum atomic E-state index is -2.88. The Balaban J connectivity index is 2.19. The van der Waals surface area contributed by atoms with Gasteiger partial charge in [0.25, 0.3) is 5.79 Å². The first-order valence-electron chi connectivity index (χ1n) is 6.93. The van der Waals surface area contributed by atoms with Gasteiger partial charge in [0.2, 0.25) is 5.78 Å². The molecule has 1 aliphatic rings. The number of rotatable bonds is 3. The van der Waals surface area contributed by atoms with Crippen LogP contribution in [0.2, 0.25) is 0 Å². The zero-order valence-corrected chi connectivity index (χ0v) is 12.6. The van der Waals surface area contributed by atoms with Gasteiger partial charge in [0.15, 0.2) is 0 Å². The lowest BCUT2D eigenvalue weighted by molar-refractivity contribution is -0.338. The summed E-state index contributed by atoms with van der Waals surface area (Å²) in [5.41, 5.74) is 0.354. The molecule has 0 bridgehead atoms. The van der Waals surface area contributed by atoms with Crippen LogP contribution in [-0.2, 0) is 10.5 Å². The maximum atomic E-state index is 12.5. The van der Waals surface area contributed by atoms with Gasteiger partial charge in [-0.15, -0.1) is 0 Å². The van der Waals surface area contributed by atoms with Gasteiger partial charge in [-0.2, -0.15) is 0 Å². The Labute approximate surface area is 132 Å². The lowest BCUT2D eigenvalue weighted by Gasteiger charge is -2.44. The van der Waals surface area contributed by atoms with E-state index in [4.69, 9.17) is 14.2 Å². The van der Waals surface area contributed by atoms with Crippen LogP contribution in [-0.4, -0.2) is 36.0 Å². The van der Waals surface area contributed by atoms with Crippen LogP contribution in [0.3, 0.4) is 0 Å². The number of carbonyl (C=O) groups is 1. The van der Waals surface area contributed by atoms with E-state index in [2.05, 4.69) is 0 Å². The predicted octanol–water partition coefficient (Wildman–Crippen LogP) is 1.45. The van der Waals surface area contributed by atoms with Gasteiger partial charge < -0.3 is 24.4 Å². The Bertz CT molecular complexity index is 737. The molecule has 0 amide bonds. The van der Waals surface area contributed by atoms with Gasteiger partial charge >= 0.3 is 5.79 Å². The molecule has 0 aromatic heterocycles. The lowest BCUT2D eigenvalue weighted by Crippen LogP contribution is -2.63. The van der Waals surface area contributed by atoms with E-state index in [-0.39, 0.29) is 16.9 Å². The Kier molecular flexibility index (Phi) is 3.60. The van der Waals surface area contributed by atoms with Crippen LogP contribution in [0.5, 0.6) is 11.5 Å². The third-order valence-electron chi connectivity index (χ3n) is 3.92. The van der Waals surface area contributed by atoms with Gasteiger partial charge in [-0.1, -0.05) is 12.1 Å². The molecule has 0 fully saturated rings. The number of fused-ring (bicyclic) bond motifs is 1. The molecule has 120 valence electrons. The maximum Gasteiger partial charge on any atom is 0.301 e. The van der Waals surface area contributed by atoms with E-state index >= 15 is 0 Å². The summed E-state index contributed by atoms with van der Waals surface area (Å²) in [5, 5.41) is 21.0. The van der Waals surface area contributed by atoms with Gasteiger partial charge in [-0.05, 0) is 36.4 Å². The van der Waals surface area contributed by atoms with Crippen LogP contribution < -0.4 is 9.47 Å². The molecule has 0 radical (unpaired) electrons. The summed E-state index contributed by atoms with van der Waals surface area (Å²) >= 11 is 0. The molecule has 6 heteroatoms. The van der Waals surface area contributed by atoms with Crippen LogP contribution in [0, 0.1) is 0 Å². The summed E-state index contributed by atoms with van der Waals surface area (Å²) in [4.78, 5) is 12.5. The van der Waals surface area contributed by atoms with Crippen molar-refractivity contribution in [2.45, 2.75) is 11.6 Å². The minimum absolute atomic E-state index is 0.0821. The number of Topliss-reactive ketones (excluding diaryl/α,β-unsaturated/α-hetero) is 1. The van der Waals surface area contributed by atoms with Crippen molar-refractivity contribution in [3.05, 3.63) is 59.7 Å². The highest BCUT2D eigenvalue weighted by Gasteiger charge is 2.63. The quantitative estimate of drug-likeness (QED) is 0.834. The Morgan fingerprint density at radius 3 is 2.26 bits per heavy atom. The first-order chi connectivity index (χ1) is 11.0. The van der Waals surface area contributed by atoms with Gasteiger partial charge in [-0.3, -0.25) is 4.79 Å². The van der Waals surface area contributed by atoms with Crippen molar-refractivity contribution in [1.29, 1.82) is 0 Å². The highest BCUT2D eigenvalue weighted by Crippen LogP contribution is 2.45. The number of para-hydroxylation sites is 1. The van der Waals surface area contributed by atoms with E-state index in [1.54, 1.807) is 42.5 Å². The van der Waals surface area contributed by atoms with Crippen molar-refractivity contribution in [2.75, 3.05) is 14.2 Å². The Hall–Kier alpha value is -2.41. The molecule has 2 aromatic carbocycles. The first kappa shape index (κ1) is 15.5.